The van der Waals surface area contributed by atoms with Crippen LogP contribution in [0.5, 0.6) is 17.2 Å². The predicted molar refractivity (Wildman–Crippen MR) is 142 cm³/mol. The van der Waals surface area contributed by atoms with Crippen LogP contribution in [0.2, 0.25) is 0 Å². The van der Waals surface area contributed by atoms with E-state index in [2.05, 4.69) is 20.3 Å². The molecule has 1 N–H and O–H groups in total. The van der Waals surface area contributed by atoms with Crippen molar-refractivity contribution in [2.45, 2.75) is 25.5 Å². The zero-order valence-corrected chi connectivity index (χ0v) is 22.5. The first-order chi connectivity index (χ1) is 19.0. The molecule has 3 heterocycles. The summed E-state index contributed by atoms with van der Waals surface area (Å²) >= 11 is 0. The van der Waals surface area contributed by atoms with Crippen LogP contribution in [0.15, 0.2) is 30.3 Å². The molecule has 0 aliphatic carbocycles. The van der Waals surface area contributed by atoms with Gasteiger partial charge < -0.3 is 28.7 Å². The summed E-state index contributed by atoms with van der Waals surface area (Å²) in [5.41, 5.74) is 2.82. The number of H-pyrrole nitrogens is 1. The lowest BCUT2D eigenvalue weighted by Crippen LogP contribution is -2.54. The first kappa shape index (κ1) is 26.5. The Balaban J connectivity index is 1.08. The topological polar surface area (TPSA) is 122 Å². The van der Waals surface area contributed by atoms with Gasteiger partial charge in [0.1, 0.15) is 17.6 Å². The van der Waals surface area contributed by atoms with Crippen LogP contribution >= 0.6 is 0 Å². The highest BCUT2D eigenvalue weighted by molar-refractivity contribution is 5.97. The van der Waals surface area contributed by atoms with E-state index in [9.17, 15) is 9.59 Å². The number of carbonyl (C=O) groups is 2. The maximum Gasteiger partial charge on any atom is 0.410 e. The molecule has 2 aromatic carbocycles. The van der Waals surface area contributed by atoms with Crippen LogP contribution < -0.4 is 14.2 Å². The SMILES string of the molecule is COc1cc(COC(=O)N2CCN(C3CCN(C(=O)c4ccc5n[nH]nc5c4)CC3)CC2)cc(OC)c1OC. The van der Waals surface area contributed by atoms with Gasteiger partial charge in [-0.2, -0.15) is 15.4 Å². The molecule has 2 amide bonds. The fourth-order valence-electron chi connectivity index (χ4n) is 5.31. The van der Waals surface area contributed by atoms with Crippen molar-refractivity contribution in [2.24, 2.45) is 0 Å². The minimum atomic E-state index is -0.340. The molecule has 5 rings (SSSR count). The normalized spacial score (nSPS) is 16.8. The summed E-state index contributed by atoms with van der Waals surface area (Å²) in [6.45, 7) is 4.28. The maximum absolute atomic E-state index is 13.0. The third-order valence-electron chi connectivity index (χ3n) is 7.49. The predicted octanol–water partition coefficient (Wildman–Crippen LogP) is 2.54. The van der Waals surface area contributed by atoms with Gasteiger partial charge in [0.2, 0.25) is 5.75 Å². The Morgan fingerprint density at radius 3 is 2.15 bits per heavy atom. The van der Waals surface area contributed by atoms with Gasteiger partial charge in [-0.05, 0) is 48.7 Å². The number of carbonyl (C=O) groups excluding carboxylic acids is 2. The molecule has 3 aromatic rings. The number of benzene rings is 2. The number of ether oxygens (including phenoxy) is 4. The number of piperidine rings is 1. The monoisotopic (exact) mass is 538 g/mol. The molecular formula is C27H34N6O6. The summed E-state index contributed by atoms with van der Waals surface area (Å²) in [4.78, 5) is 31.8. The number of methoxy groups -OCH3 is 3. The molecule has 2 saturated heterocycles. The first-order valence-electron chi connectivity index (χ1n) is 13.0. The molecule has 2 fully saturated rings. The van der Waals surface area contributed by atoms with E-state index in [0.29, 0.717) is 60.5 Å². The summed E-state index contributed by atoms with van der Waals surface area (Å²) in [6.07, 6.45) is 1.47. The Morgan fingerprint density at radius 1 is 0.846 bits per heavy atom. The fourth-order valence-corrected chi connectivity index (χ4v) is 5.31. The highest BCUT2D eigenvalue weighted by Gasteiger charge is 2.31. The molecule has 2 aliphatic rings. The summed E-state index contributed by atoms with van der Waals surface area (Å²) in [5, 5.41) is 10.7. The average Bonchev–Trinajstić information content (AvgIpc) is 3.47. The van der Waals surface area contributed by atoms with Crippen LogP contribution in [0.3, 0.4) is 0 Å². The minimum absolute atomic E-state index is 0.0259. The van der Waals surface area contributed by atoms with Gasteiger partial charge in [0.25, 0.3) is 5.91 Å². The van der Waals surface area contributed by atoms with E-state index >= 15 is 0 Å². The summed E-state index contributed by atoms with van der Waals surface area (Å²) < 4.78 is 21.7. The van der Waals surface area contributed by atoms with Crippen molar-refractivity contribution in [1.29, 1.82) is 0 Å². The van der Waals surface area contributed by atoms with Crippen molar-refractivity contribution in [1.82, 2.24) is 30.1 Å². The number of rotatable bonds is 7. The lowest BCUT2D eigenvalue weighted by atomic mass is 10.0. The molecule has 0 bridgehead atoms. The molecule has 12 nitrogen and oxygen atoms in total. The molecule has 0 unspecified atom stereocenters. The van der Waals surface area contributed by atoms with Crippen molar-refractivity contribution in [3.8, 4) is 17.2 Å². The second kappa shape index (κ2) is 11.8. The Hall–Kier alpha value is -4.06. The zero-order chi connectivity index (χ0) is 27.4. The highest BCUT2D eigenvalue weighted by atomic mass is 16.6. The van der Waals surface area contributed by atoms with Gasteiger partial charge >= 0.3 is 6.09 Å². The minimum Gasteiger partial charge on any atom is -0.493 e. The number of likely N-dealkylation sites (tertiary alicyclic amines) is 1. The van der Waals surface area contributed by atoms with Crippen molar-refractivity contribution >= 4 is 23.0 Å². The number of aromatic amines is 1. The fraction of sp³-hybridized carbons (Fsp3) is 0.481. The summed E-state index contributed by atoms with van der Waals surface area (Å²) in [5.74, 6) is 1.55. The van der Waals surface area contributed by atoms with Gasteiger partial charge in [-0.25, -0.2) is 4.79 Å². The molecule has 0 spiro atoms. The van der Waals surface area contributed by atoms with Gasteiger partial charge in [0.15, 0.2) is 11.5 Å². The summed E-state index contributed by atoms with van der Waals surface area (Å²) in [7, 11) is 4.64. The van der Waals surface area contributed by atoms with E-state index in [1.165, 1.54) is 0 Å². The standard InChI is InChI=1S/C27H34N6O6/c1-36-23-14-18(15-24(37-2)25(23)38-3)17-39-27(35)33-12-10-31(11-13-33)20-6-8-32(9-7-20)26(34)19-4-5-21-22(16-19)29-30-28-21/h4-5,14-16,20H,6-13,17H2,1-3H3,(H,28,29,30). The number of hydrogen-bond acceptors (Lipinski definition) is 9. The zero-order valence-electron chi connectivity index (χ0n) is 22.5. The quantitative estimate of drug-likeness (QED) is 0.484. The van der Waals surface area contributed by atoms with Crippen LogP contribution in [0.1, 0.15) is 28.8 Å². The Labute approximate surface area is 226 Å². The number of aromatic nitrogens is 3. The molecule has 39 heavy (non-hydrogen) atoms. The second-order valence-electron chi connectivity index (χ2n) is 9.66. The van der Waals surface area contributed by atoms with Crippen LogP contribution in [0.25, 0.3) is 11.0 Å². The van der Waals surface area contributed by atoms with Gasteiger partial charge in [0, 0.05) is 50.9 Å². The van der Waals surface area contributed by atoms with Gasteiger partial charge in [-0.1, -0.05) is 0 Å². The Morgan fingerprint density at radius 2 is 1.51 bits per heavy atom. The molecule has 0 saturated carbocycles. The largest absolute Gasteiger partial charge is 0.493 e. The Kier molecular flexibility index (Phi) is 8.01. The van der Waals surface area contributed by atoms with E-state index in [1.54, 1.807) is 50.5 Å². The molecule has 0 radical (unpaired) electrons. The third kappa shape index (κ3) is 5.70. The van der Waals surface area contributed by atoms with Gasteiger partial charge in [0.05, 0.1) is 21.3 Å². The molecule has 0 atom stereocenters. The second-order valence-corrected chi connectivity index (χ2v) is 9.66. The smallest absolute Gasteiger partial charge is 0.410 e. The van der Waals surface area contributed by atoms with Crippen molar-refractivity contribution in [3.05, 3.63) is 41.5 Å². The van der Waals surface area contributed by atoms with Gasteiger partial charge in [-0.3, -0.25) is 9.69 Å². The van der Waals surface area contributed by atoms with Gasteiger partial charge in [-0.15, -0.1) is 0 Å². The van der Waals surface area contributed by atoms with Crippen LogP contribution in [-0.2, 0) is 11.3 Å². The van der Waals surface area contributed by atoms with Crippen LogP contribution in [0.4, 0.5) is 4.79 Å². The highest BCUT2D eigenvalue weighted by Crippen LogP contribution is 2.38. The lowest BCUT2D eigenvalue weighted by molar-refractivity contribution is 0.0394. The van der Waals surface area contributed by atoms with Crippen LogP contribution in [-0.4, -0.2) is 109 Å². The van der Waals surface area contributed by atoms with Crippen LogP contribution in [0, 0.1) is 0 Å². The van der Waals surface area contributed by atoms with E-state index < -0.39 is 0 Å². The first-order valence-corrected chi connectivity index (χ1v) is 13.0. The number of nitrogens with zero attached hydrogens (tertiary/aromatic N) is 5. The third-order valence-corrected chi connectivity index (χ3v) is 7.49. The number of piperazine rings is 1. The molecule has 1 aromatic heterocycles. The number of hydrogen-bond donors (Lipinski definition) is 1. The molecule has 2 aliphatic heterocycles. The van der Waals surface area contributed by atoms with Crippen molar-refractivity contribution < 1.29 is 28.5 Å². The van der Waals surface area contributed by atoms with Crippen molar-refractivity contribution in [2.75, 3.05) is 60.6 Å². The maximum atomic E-state index is 13.0. The van der Waals surface area contributed by atoms with E-state index in [-0.39, 0.29) is 18.6 Å². The molecular weight excluding hydrogens is 504 g/mol. The van der Waals surface area contributed by atoms with Crippen molar-refractivity contribution in [3.63, 3.8) is 0 Å². The molecule has 208 valence electrons. The van der Waals surface area contributed by atoms with E-state index in [4.69, 9.17) is 18.9 Å². The molecule has 12 heteroatoms. The average molecular weight is 539 g/mol. The number of fused-ring (bicyclic) bond motifs is 1. The van der Waals surface area contributed by atoms with E-state index in [0.717, 1.165) is 37.0 Å². The summed E-state index contributed by atoms with van der Waals surface area (Å²) in [6, 6.07) is 9.34. The number of nitrogens with one attached hydrogen (secondary N) is 1. The number of amides is 2. The Bertz CT molecular complexity index is 1290. The van der Waals surface area contributed by atoms with E-state index in [1.807, 2.05) is 11.0 Å². The lowest BCUT2D eigenvalue weighted by Gasteiger charge is -2.42.